The van der Waals surface area contributed by atoms with Crippen LogP contribution in [-0.2, 0) is 14.3 Å². The van der Waals surface area contributed by atoms with Gasteiger partial charge in [-0.3, -0.25) is 24.1 Å². The van der Waals surface area contributed by atoms with Gasteiger partial charge in [-0.05, 0) is 69.7 Å². The Kier molecular flexibility index (Phi) is 9.19. The molecule has 11 heteroatoms. The average molecular weight is 525 g/mol. The van der Waals surface area contributed by atoms with Gasteiger partial charge in [0.2, 0.25) is 5.91 Å². The van der Waals surface area contributed by atoms with Gasteiger partial charge >= 0.3 is 6.09 Å². The molecule has 11 nitrogen and oxygen atoms in total. The molecule has 0 radical (unpaired) electrons. The van der Waals surface area contributed by atoms with Crippen LogP contribution in [0.5, 0.6) is 0 Å². The molecule has 3 rings (SSSR count). The van der Waals surface area contributed by atoms with E-state index < -0.39 is 23.5 Å². The highest BCUT2D eigenvalue weighted by molar-refractivity contribution is 6.22. The number of imide groups is 1. The van der Waals surface area contributed by atoms with Crippen LogP contribution in [0.15, 0.2) is 42.5 Å². The molecule has 0 aliphatic carbocycles. The first kappa shape index (κ1) is 28.3. The van der Waals surface area contributed by atoms with Crippen molar-refractivity contribution >= 4 is 41.1 Å². The fourth-order valence-corrected chi connectivity index (χ4v) is 3.66. The van der Waals surface area contributed by atoms with Crippen LogP contribution in [0.4, 0.5) is 16.2 Å². The Balaban J connectivity index is 1.52. The van der Waals surface area contributed by atoms with E-state index in [1.54, 1.807) is 52.1 Å². The summed E-state index contributed by atoms with van der Waals surface area (Å²) in [7, 11) is 1.55. The number of carbonyl (C=O) groups excluding carboxylic acids is 5. The molecule has 2 aromatic rings. The van der Waals surface area contributed by atoms with Gasteiger partial charge < -0.3 is 25.4 Å². The van der Waals surface area contributed by atoms with E-state index in [-0.39, 0.29) is 48.0 Å². The fourth-order valence-electron chi connectivity index (χ4n) is 3.66. The molecule has 0 spiro atoms. The summed E-state index contributed by atoms with van der Waals surface area (Å²) in [6, 6.07) is 10.9. The highest BCUT2D eigenvalue weighted by Crippen LogP contribution is 2.25. The standard InChI is InChI=1S/C27H32N4O7/c1-27(2,3)38-26(36)28-13-12-22(32)29-18-7-9-19(10-8-18)30-23(33)17-6-11-20-21(16-17)25(35)31(24(20)34)14-5-15-37-4/h6-11,16H,5,12-15H2,1-4H3,(H,28,36)(H,29,32)(H,30,33). The minimum atomic E-state index is -0.619. The number of methoxy groups -OCH3 is 1. The predicted octanol–water partition coefficient (Wildman–Crippen LogP) is 3.42. The zero-order valence-electron chi connectivity index (χ0n) is 21.9. The van der Waals surface area contributed by atoms with E-state index in [0.29, 0.717) is 24.4 Å². The molecular weight excluding hydrogens is 492 g/mol. The van der Waals surface area contributed by atoms with Crippen molar-refractivity contribution in [3.8, 4) is 0 Å². The molecule has 0 aromatic heterocycles. The largest absolute Gasteiger partial charge is 0.444 e. The Morgan fingerprint density at radius 2 is 1.53 bits per heavy atom. The van der Waals surface area contributed by atoms with Crippen LogP contribution in [0.3, 0.4) is 0 Å². The second kappa shape index (κ2) is 12.3. The van der Waals surface area contributed by atoms with E-state index in [9.17, 15) is 24.0 Å². The molecule has 0 unspecified atom stereocenters. The molecule has 1 heterocycles. The predicted molar refractivity (Wildman–Crippen MR) is 140 cm³/mol. The van der Waals surface area contributed by atoms with Gasteiger partial charge in [-0.25, -0.2) is 4.79 Å². The third kappa shape index (κ3) is 7.62. The van der Waals surface area contributed by atoms with Crippen LogP contribution >= 0.6 is 0 Å². The van der Waals surface area contributed by atoms with Crippen molar-refractivity contribution in [2.24, 2.45) is 0 Å². The Bertz CT molecular complexity index is 1220. The first-order chi connectivity index (χ1) is 18.0. The van der Waals surface area contributed by atoms with Crippen molar-refractivity contribution < 1.29 is 33.4 Å². The summed E-state index contributed by atoms with van der Waals surface area (Å²) >= 11 is 0. The van der Waals surface area contributed by atoms with Crippen molar-refractivity contribution in [2.45, 2.75) is 39.2 Å². The number of nitrogens with zero attached hydrogens (tertiary/aromatic N) is 1. The van der Waals surface area contributed by atoms with Gasteiger partial charge in [0, 0.05) is 50.2 Å². The average Bonchev–Trinajstić information content (AvgIpc) is 3.08. The van der Waals surface area contributed by atoms with Crippen molar-refractivity contribution in [1.29, 1.82) is 0 Å². The molecule has 0 saturated heterocycles. The minimum Gasteiger partial charge on any atom is -0.444 e. The van der Waals surface area contributed by atoms with Crippen LogP contribution in [0.1, 0.15) is 64.7 Å². The number of amides is 5. The Hall–Kier alpha value is -4.25. The van der Waals surface area contributed by atoms with Gasteiger partial charge in [0.1, 0.15) is 5.60 Å². The molecule has 2 aromatic carbocycles. The number of alkyl carbamates (subject to hydrolysis) is 1. The topological polar surface area (TPSA) is 143 Å². The molecule has 0 atom stereocenters. The fraction of sp³-hybridized carbons (Fsp3) is 0.370. The van der Waals surface area contributed by atoms with Gasteiger partial charge in [-0.15, -0.1) is 0 Å². The van der Waals surface area contributed by atoms with E-state index in [0.717, 1.165) is 4.90 Å². The first-order valence-electron chi connectivity index (χ1n) is 12.2. The number of benzene rings is 2. The lowest BCUT2D eigenvalue weighted by molar-refractivity contribution is -0.116. The molecule has 0 saturated carbocycles. The molecule has 38 heavy (non-hydrogen) atoms. The van der Waals surface area contributed by atoms with Crippen molar-refractivity contribution in [3.63, 3.8) is 0 Å². The minimum absolute atomic E-state index is 0.0566. The lowest BCUT2D eigenvalue weighted by Gasteiger charge is -2.19. The van der Waals surface area contributed by atoms with E-state index >= 15 is 0 Å². The summed E-state index contributed by atoms with van der Waals surface area (Å²) in [6.07, 6.45) is -0.0142. The van der Waals surface area contributed by atoms with Gasteiger partial charge in [-0.2, -0.15) is 0 Å². The molecular formula is C27H32N4O7. The van der Waals surface area contributed by atoms with E-state index in [2.05, 4.69) is 16.0 Å². The van der Waals surface area contributed by atoms with Gasteiger partial charge in [-0.1, -0.05) is 0 Å². The molecule has 1 aliphatic heterocycles. The lowest BCUT2D eigenvalue weighted by atomic mass is 10.1. The van der Waals surface area contributed by atoms with E-state index in [1.165, 1.54) is 18.2 Å². The van der Waals surface area contributed by atoms with Crippen molar-refractivity contribution in [3.05, 3.63) is 59.2 Å². The highest BCUT2D eigenvalue weighted by atomic mass is 16.6. The molecule has 202 valence electrons. The maximum absolute atomic E-state index is 12.8. The molecule has 1 aliphatic rings. The number of nitrogens with one attached hydrogen (secondary N) is 3. The number of fused-ring (bicyclic) bond motifs is 1. The zero-order valence-corrected chi connectivity index (χ0v) is 21.9. The van der Waals surface area contributed by atoms with Crippen molar-refractivity contribution in [1.82, 2.24) is 10.2 Å². The first-order valence-corrected chi connectivity index (χ1v) is 12.2. The molecule has 0 bridgehead atoms. The Morgan fingerprint density at radius 3 is 2.16 bits per heavy atom. The van der Waals surface area contributed by atoms with Gasteiger partial charge in [0.25, 0.3) is 17.7 Å². The summed E-state index contributed by atoms with van der Waals surface area (Å²) in [5.41, 5.74) is 1.07. The molecule has 3 N–H and O–H groups in total. The van der Waals surface area contributed by atoms with E-state index in [4.69, 9.17) is 9.47 Å². The van der Waals surface area contributed by atoms with Crippen LogP contribution in [-0.4, -0.2) is 67.0 Å². The third-order valence-electron chi connectivity index (χ3n) is 5.41. The number of hydrogen-bond donors (Lipinski definition) is 3. The monoisotopic (exact) mass is 524 g/mol. The van der Waals surface area contributed by atoms with Crippen LogP contribution in [0.2, 0.25) is 0 Å². The van der Waals surface area contributed by atoms with Gasteiger partial charge in [0.05, 0.1) is 11.1 Å². The Labute approximate surface area is 220 Å². The second-order valence-electron chi connectivity index (χ2n) is 9.63. The zero-order chi connectivity index (χ0) is 27.9. The third-order valence-corrected chi connectivity index (χ3v) is 5.41. The number of carbonyl (C=O) groups is 5. The smallest absolute Gasteiger partial charge is 0.407 e. The Morgan fingerprint density at radius 1 is 0.895 bits per heavy atom. The number of hydrogen-bond acceptors (Lipinski definition) is 7. The highest BCUT2D eigenvalue weighted by Gasteiger charge is 2.35. The summed E-state index contributed by atoms with van der Waals surface area (Å²) in [6.45, 7) is 6.03. The number of ether oxygens (including phenoxy) is 2. The number of rotatable bonds is 10. The summed E-state index contributed by atoms with van der Waals surface area (Å²) in [5, 5.41) is 7.96. The molecule has 0 fully saturated rings. The summed E-state index contributed by atoms with van der Waals surface area (Å²) in [4.78, 5) is 62.9. The quantitative estimate of drug-likeness (QED) is 0.319. The SMILES string of the molecule is COCCCN1C(=O)c2ccc(C(=O)Nc3ccc(NC(=O)CCNC(=O)OC(C)(C)C)cc3)cc2C1=O. The van der Waals surface area contributed by atoms with Crippen LogP contribution < -0.4 is 16.0 Å². The van der Waals surface area contributed by atoms with Crippen LogP contribution in [0, 0.1) is 0 Å². The maximum Gasteiger partial charge on any atom is 0.407 e. The lowest BCUT2D eigenvalue weighted by Crippen LogP contribution is -2.34. The van der Waals surface area contributed by atoms with Crippen LogP contribution in [0.25, 0.3) is 0 Å². The second-order valence-corrected chi connectivity index (χ2v) is 9.63. The van der Waals surface area contributed by atoms with Gasteiger partial charge in [0.15, 0.2) is 0 Å². The van der Waals surface area contributed by atoms with Crippen molar-refractivity contribution in [2.75, 3.05) is 37.4 Å². The number of anilines is 2. The normalized spacial score (nSPS) is 12.7. The summed E-state index contributed by atoms with van der Waals surface area (Å²) < 4.78 is 10.1. The maximum atomic E-state index is 12.8. The molecule has 5 amide bonds. The van der Waals surface area contributed by atoms with E-state index in [1.807, 2.05) is 0 Å². The summed E-state index contributed by atoms with van der Waals surface area (Å²) in [5.74, 6) is -1.56.